The van der Waals surface area contributed by atoms with Gasteiger partial charge >= 0.3 is 0 Å². The van der Waals surface area contributed by atoms with Crippen molar-refractivity contribution in [1.29, 1.82) is 0 Å². The zero-order chi connectivity index (χ0) is 16.0. The third kappa shape index (κ3) is 2.25. The molecule has 0 saturated heterocycles. The number of hydroxylamine groups is 1. The Kier molecular flexibility index (Phi) is 3.41. The Bertz CT molecular complexity index is 787. The van der Waals surface area contributed by atoms with Crippen LogP contribution in [0.5, 0.6) is 0 Å². The summed E-state index contributed by atoms with van der Waals surface area (Å²) in [4.78, 5) is 2.30. The summed E-state index contributed by atoms with van der Waals surface area (Å²) in [5.74, 6) is 0.173. The fourth-order valence-electron chi connectivity index (χ4n) is 3.64. The lowest BCUT2D eigenvalue weighted by Gasteiger charge is -2.28. The molecular formula is C18H18N3O2. The molecule has 1 N–H and O–H groups in total. The van der Waals surface area contributed by atoms with Crippen molar-refractivity contribution in [2.24, 2.45) is 5.16 Å². The van der Waals surface area contributed by atoms with Crippen LogP contribution in [0.15, 0.2) is 41.6 Å². The van der Waals surface area contributed by atoms with Gasteiger partial charge in [0.25, 0.3) is 5.84 Å². The largest absolute Gasteiger partial charge is 0.569 e. The van der Waals surface area contributed by atoms with Gasteiger partial charge in [-0.05, 0) is 40.9 Å². The predicted octanol–water partition coefficient (Wildman–Crippen LogP) is 2.95. The van der Waals surface area contributed by atoms with Crippen molar-refractivity contribution in [2.45, 2.75) is 19.4 Å². The highest BCUT2D eigenvalue weighted by atomic mass is 16.5. The quantitative estimate of drug-likeness (QED) is 0.381. The topological polar surface area (TPSA) is 64.8 Å². The van der Waals surface area contributed by atoms with E-state index in [9.17, 15) is 5.21 Å². The summed E-state index contributed by atoms with van der Waals surface area (Å²) < 4.78 is 0. The monoisotopic (exact) mass is 308 g/mol. The van der Waals surface area contributed by atoms with Crippen LogP contribution in [-0.4, -0.2) is 29.5 Å². The number of oxime groups is 1. The first kappa shape index (κ1) is 14.4. The molecule has 2 aliphatic rings. The van der Waals surface area contributed by atoms with Crippen LogP contribution in [0.25, 0.3) is 11.1 Å². The minimum Gasteiger partial charge on any atom is -0.569 e. The number of benzene rings is 2. The Balaban J connectivity index is 1.96. The Morgan fingerprint density at radius 2 is 1.96 bits per heavy atom. The second kappa shape index (κ2) is 5.45. The van der Waals surface area contributed by atoms with Crippen molar-refractivity contribution in [1.82, 2.24) is 9.96 Å². The molecule has 0 atom stereocenters. The Labute approximate surface area is 135 Å². The van der Waals surface area contributed by atoms with Crippen LogP contribution in [0.1, 0.15) is 16.7 Å². The van der Waals surface area contributed by atoms with Crippen molar-refractivity contribution < 1.29 is 5.21 Å². The highest BCUT2D eigenvalue weighted by Crippen LogP contribution is 2.41. The van der Waals surface area contributed by atoms with E-state index in [1.54, 1.807) is 0 Å². The van der Waals surface area contributed by atoms with Gasteiger partial charge in [0.2, 0.25) is 0 Å². The van der Waals surface area contributed by atoms with E-state index in [1.165, 1.54) is 11.1 Å². The number of amidine groups is 1. The van der Waals surface area contributed by atoms with E-state index in [1.807, 2.05) is 24.3 Å². The highest BCUT2D eigenvalue weighted by Gasteiger charge is 2.37. The van der Waals surface area contributed by atoms with E-state index >= 15 is 0 Å². The van der Waals surface area contributed by atoms with Crippen molar-refractivity contribution in [3.63, 3.8) is 0 Å². The Hall–Kier alpha value is -2.21. The predicted molar refractivity (Wildman–Crippen MR) is 90.0 cm³/mol. The van der Waals surface area contributed by atoms with E-state index < -0.39 is 0 Å². The average Bonchev–Trinajstić information content (AvgIpc) is 2.91. The molecule has 2 aliphatic heterocycles. The van der Waals surface area contributed by atoms with Crippen LogP contribution in [0.2, 0.25) is 0 Å². The van der Waals surface area contributed by atoms with E-state index in [0.717, 1.165) is 41.3 Å². The van der Waals surface area contributed by atoms with Gasteiger partial charge in [0, 0.05) is 24.7 Å². The molecule has 1 radical (unpaired) electrons. The molecule has 5 nitrogen and oxygen atoms in total. The number of rotatable bonds is 1. The number of nitrogens with zero attached hydrogens (tertiary/aromatic N) is 3. The van der Waals surface area contributed by atoms with Crippen molar-refractivity contribution in [2.75, 3.05) is 13.6 Å². The molecule has 0 bridgehead atoms. The minimum absolute atomic E-state index is 0.173. The van der Waals surface area contributed by atoms with Crippen LogP contribution in [-0.2, 0) is 19.4 Å². The maximum atomic E-state index is 12.4. The Morgan fingerprint density at radius 3 is 2.70 bits per heavy atom. The van der Waals surface area contributed by atoms with E-state index in [2.05, 4.69) is 29.2 Å². The molecule has 0 fully saturated rings. The van der Waals surface area contributed by atoms with Gasteiger partial charge in [-0.25, -0.2) is 0 Å². The molecule has 2 aromatic rings. The molecule has 117 valence electrons. The fourth-order valence-corrected chi connectivity index (χ4v) is 3.64. The zero-order valence-corrected chi connectivity index (χ0v) is 13.0. The maximum Gasteiger partial charge on any atom is 0.296 e. The summed E-state index contributed by atoms with van der Waals surface area (Å²) in [5, 5.41) is 25.4. The van der Waals surface area contributed by atoms with Gasteiger partial charge in [-0.3, -0.25) is 0 Å². The fraction of sp³-hybridized carbons (Fsp3) is 0.278. The summed E-state index contributed by atoms with van der Waals surface area (Å²) in [7, 11) is 2.12. The lowest BCUT2D eigenvalue weighted by Crippen LogP contribution is -2.28. The van der Waals surface area contributed by atoms with E-state index in [0.29, 0.717) is 12.1 Å². The number of likely N-dealkylation sites (N-methyl/N-ethyl adjacent to an activating group) is 1. The number of fused-ring (bicyclic) bond motifs is 3. The van der Waals surface area contributed by atoms with Crippen LogP contribution < -0.4 is 5.06 Å². The molecule has 2 heterocycles. The van der Waals surface area contributed by atoms with Crippen molar-refractivity contribution >= 4 is 11.5 Å². The number of hydrogen-bond donors (Lipinski definition) is 1. The first-order chi connectivity index (χ1) is 11.2. The summed E-state index contributed by atoms with van der Waals surface area (Å²) in [6, 6.07) is 12.1. The first-order valence-corrected chi connectivity index (χ1v) is 7.79. The van der Waals surface area contributed by atoms with Crippen LogP contribution >= 0.6 is 0 Å². The lowest BCUT2D eigenvalue weighted by molar-refractivity contribution is 0.312. The molecule has 23 heavy (non-hydrogen) atoms. The van der Waals surface area contributed by atoms with E-state index in [4.69, 9.17) is 5.21 Å². The molecule has 4 rings (SSSR count). The van der Waals surface area contributed by atoms with Crippen molar-refractivity contribution in [3.05, 3.63) is 58.3 Å². The van der Waals surface area contributed by atoms with Crippen molar-refractivity contribution in [3.8, 4) is 11.1 Å². The standard InChI is InChI=1S/C18H18N3O2/c1-20-8-7-13-15-10-18(19-22)21(23)17(15)9-14(16(13)11-20)12-5-3-2-4-6-12/h2-6,9,22H,7-8,10-11H2,1H3. The van der Waals surface area contributed by atoms with Gasteiger partial charge in [0.15, 0.2) is 5.69 Å². The lowest BCUT2D eigenvalue weighted by atomic mass is 9.86. The van der Waals surface area contributed by atoms with Gasteiger partial charge in [0.05, 0.1) is 6.42 Å². The van der Waals surface area contributed by atoms with Crippen LogP contribution in [0.4, 0.5) is 5.69 Å². The van der Waals surface area contributed by atoms with Gasteiger partial charge < -0.3 is 15.3 Å². The average molecular weight is 308 g/mol. The van der Waals surface area contributed by atoms with Gasteiger partial charge in [-0.1, -0.05) is 30.3 Å². The van der Waals surface area contributed by atoms with Gasteiger partial charge in [-0.2, -0.15) is 0 Å². The molecule has 0 amide bonds. The minimum atomic E-state index is 0.173. The smallest absolute Gasteiger partial charge is 0.296 e. The molecule has 5 heteroatoms. The third-order valence-electron chi connectivity index (χ3n) is 4.80. The molecule has 0 aromatic heterocycles. The first-order valence-electron chi connectivity index (χ1n) is 7.79. The highest BCUT2D eigenvalue weighted by molar-refractivity contribution is 5.99. The van der Waals surface area contributed by atoms with Gasteiger partial charge in [-0.15, -0.1) is 5.06 Å². The zero-order valence-electron chi connectivity index (χ0n) is 13.0. The third-order valence-corrected chi connectivity index (χ3v) is 4.80. The summed E-state index contributed by atoms with van der Waals surface area (Å²) in [6.07, 6.45) is 1.33. The van der Waals surface area contributed by atoms with Crippen LogP contribution in [0, 0.1) is 5.21 Å². The molecule has 0 aliphatic carbocycles. The molecule has 0 spiro atoms. The molecule has 2 aromatic carbocycles. The normalized spacial score (nSPS) is 19.8. The summed E-state index contributed by atoms with van der Waals surface area (Å²) in [5.41, 5.74) is 6.40. The van der Waals surface area contributed by atoms with Crippen LogP contribution in [0.3, 0.4) is 0 Å². The SMILES string of the molecule is CN1CCc2c(c(-c3ccccc3)cc3c2CC(=NO)[N+]3[O-])C1. The summed E-state index contributed by atoms with van der Waals surface area (Å²) in [6.45, 7) is 1.85. The second-order valence-corrected chi connectivity index (χ2v) is 6.22. The molecule has 0 unspecified atom stereocenters. The Morgan fingerprint density at radius 1 is 1.17 bits per heavy atom. The second-order valence-electron chi connectivity index (χ2n) is 6.22. The summed E-state index contributed by atoms with van der Waals surface area (Å²) >= 11 is 0. The maximum absolute atomic E-state index is 12.4. The number of anilines is 1. The number of hydrogen-bond acceptors (Lipinski definition) is 4. The molecular weight excluding hydrogens is 290 g/mol. The van der Waals surface area contributed by atoms with E-state index in [-0.39, 0.29) is 5.84 Å². The van der Waals surface area contributed by atoms with Gasteiger partial charge in [0.1, 0.15) is 0 Å². The molecule has 0 saturated carbocycles.